The Kier molecular flexibility index (Phi) is 4.15. The quantitative estimate of drug-likeness (QED) is 0.724. The van der Waals surface area contributed by atoms with Crippen molar-refractivity contribution in [1.29, 1.82) is 0 Å². The molecule has 0 aliphatic rings. The summed E-state index contributed by atoms with van der Waals surface area (Å²) >= 11 is 1.74. The molecule has 3 heterocycles. The first kappa shape index (κ1) is 14.6. The van der Waals surface area contributed by atoms with Crippen molar-refractivity contribution in [2.45, 2.75) is 26.8 Å². The molecular formula is C15H18N6S. The average Bonchev–Trinajstić information content (AvgIpc) is 3.16. The fourth-order valence-electron chi connectivity index (χ4n) is 2.09. The number of anilines is 1. The second kappa shape index (κ2) is 6.23. The lowest BCUT2D eigenvalue weighted by Crippen LogP contribution is -2.17. The summed E-state index contributed by atoms with van der Waals surface area (Å²) < 4.78 is 1.73. The van der Waals surface area contributed by atoms with Gasteiger partial charge in [-0.1, -0.05) is 6.92 Å². The Labute approximate surface area is 133 Å². The Bertz CT molecular complexity index is 745. The van der Waals surface area contributed by atoms with Gasteiger partial charge in [0.05, 0.1) is 17.2 Å². The molecule has 0 unspecified atom stereocenters. The molecule has 0 spiro atoms. The van der Waals surface area contributed by atoms with Crippen LogP contribution in [0.2, 0.25) is 0 Å². The highest BCUT2D eigenvalue weighted by Gasteiger charge is 2.08. The van der Waals surface area contributed by atoms with E-state index in [1.807, 2.05) is 44.6 Å². The van der Waals surface area contributed by atoms with Crippen LogP contribution in [0.1, 0.15) is 22.5 Å². The predicted molar refractivity (Wildman–Crippen MR) is 87.5 cm³/mol. The zero-order chi connectivity index (χ0) is 15.5. The van der Waals surface area contributed by atoms with Gasteiger partial charge in [0.1, 0.15) is 0 Å². The summed E-state index contributed by atoms with van der Waals surface area (Å²) in [4.78, 5) is 7.68. The van der Waals surface area contributed by atoms with Crippen LogP contribution < -0.4 is 4.90 Å². The molecular weight excluding hydrogens is 296 g/mol. The molecule has 0 aromatic carbocycles. The van der Waals surface area contributed by atoms with E-state index < -0.39 is 0 Å². The number of aromatic nitrogens is 5. The molecule has 3 aromatic heterocycles. The van der Waals surface area contributed by atoms with Crippen LogP contribution in [0.3, 0.4) is 0 Å². The van der Waals surface area contributed by atoms with Crippen LogP contribution in [0.5, 0.6) is 0 Å². The molecule has 3 aromatic rings. The summed E-state index contributed by atoms with van der Waals surface area (Å²) in [5, 5.41) is 14.0. The summed E-state index contributed by atoms with van der Waals surface area (Å²) in [6.07, 6.45) is 4.80. The smallest absolute Gasteiger partial charge is 0.175 e. The van der Waals surface area contributed by atoms with Gasteiger partial charge in [0.15, 0.2) is 11.6 Å². The second-order valence-corrected chi connectivity index (χ2v) is 6.28. The van der Waals surface area contributed by atoms with Crippen LogP contribution >= 0.6 is 11.3 Å². The third-order valence-corrected chi connectivity index (χ3v) is 4.41. The summed E-state index contributed by atoms with van der Waals surface area (Å²) in [6, 6.07) is 5.83. The van der Waals surface area contributed by atoms with E-state index >= 15 is 0 Å². The number of aryl methyl sites for hydroxylation is 2. The van der Waals surface area contributed by atoms with E-state index in [-0.39, 0.29) is 0 Å². The van der Waals surface area contributed by atoms with Gasteiger partial charge >= 0.3 is 0 Å². The lowest BCUT2D eigenvalue weighted by Gasteiger charge is -2.16. The normalized spacial score (nSPS) is 10.9. The number of rotatable bonds is 5. The molecule has 0 amide bonds. The third-order valence-electron chi connectivity index (χ3n) is 3.28. The zero-order valence-electron chi connectivity index (χ0n) is 12.9. The van der Waals surface area contributed by atoms with E-state index in [9.17, 15) is 0 Å². The molecule has 0 saturated heterocycles. The van der Waals surface area contributed by atoms with Gasteiger partial charge < -0.3 is 4.90 Å². The van der Waals surface area contributed by atoms with Gasteiger partial charge in [-0.05, 0) is 31.5 Å². The second-order valence-electron chi connectivity index (χ2n) is 5.08. The maximum Gasteiger partial charge on any atom is 0.175 e. The molecule has 3 rings (SSSR count). The summed E-state index contributed by atoms with van der Waals surface area (Å²) in [5.41, 5.74) is 0.958. The minimum atomic E-state index is 0.719. The standard InChI is InChI=1S/C15H18N6S/c1-4-15-16-9-12(22-15)10-20(3)13-5-6-14(18-17-13)21-8-7-11(2)19-21/h5-9H,4,10H2,1-3H3. The Balaban J connectivity index is 1.71. The Morgan fingerprint density at radius 3 is 2.68 bits per heavy atom. The zero-order valence-corrected chi connectivity index (χ0v) is 13.7. The minimum Gasteiger partial charge on any atom is -0.353 e. The molecule has 22 heavy (non-hydrogen) atoms. The van der Waals surface area contributed by atoms with Crippen LogP contribution in [-0.4, -0.2) is 32.0 Å². The van der Waals surface area contributed by atoms with E-state index in [4.69, 9.17) is 0 Å². The molecule has 0 saturated carbocycles. The number of nitrogens with zero attached hydrogens (tertiary/aromatic N) is 6. The van der Waals surface area contributed by atoms with Crippen molar-refractivity contribution in [3.05, 3.63) is 46.2 Å². The first-order valence-corrected chi connectivity index (χ1v) is 7.98. The highest BCUT2D eigenvalue weighted by Crippen LogP contribution is 2.18. The first-order chi connectivity index (χ1) is 10.7. The molecule has 0 atom stereocenters. The van der Waals surface area contributed by atoms with Crippen molar-refractivity contribution in [3.63, 3.8) is 0 Å². The highest BCUT2D eigenvalue weighted by atomic mass is 32.1. The van der Waals surface area contributed by atoms with Crippen molar-refractivity contribution in [3.8, 4) is 5.82 Å². The molecule has 0 aliphatic heterocycles. The van der Waals surface area contributed by atoms with E-state index in [0.29, 0.717) is 0 Å². The third kappa shape index (κ3) is 3.14. The van der Waals surface area contributed by atoms with Gasteiger partial charge in [-0.3, -0.25) is 0 Å². The maximum atomic E-state index is 4.38. The fourth-order valence-corrected chi connectivity index (χ4v) is 3.00. The van der Waals surface area contributed by atoms with E-state index in [1.165, 1.54) is 9.88 Å². The van der Waals surface area contributed by atoms with Crippen molar-refractivity contribution in [2.75, 3.05) is 11.9 Å². The number of hydrogen-bond donors (Lipinski definition) is 0. The molecule has 6 nitrogen and oxygen atoms in total. The number of thiazole rings is 1. The molecule has 114 valence electrons. The van der Waals surface area contributed by atoms with Gasteiger partial charge in [-0.15, -0.1) is 21.5 Å². The highest BCUT2D eigenvalue weighted by molar-refractivity contribution is 7.11. The maximum absolute atomic E-state index is 4.38. The molecule has 7 heteroatoms. The van der Waals surface area contributed by atoms with Gasteiger partial charge in [-0.2, -0.15) is 5.10 Å². The predicted octanol–water partition coefficient (Wildman–Crippen LogP) is 2.63. The van der Waals surface area contributed by atoms with Crippen molar-refractivity contribution in [2.24, 2.45) is 0 Å². The Hall–Kier alpha value is -2.28. The van der Waals surface area contributed by atoms with Gasteiger partial charge in [-0.25, -0.2) is 9.67 Å². The molecule has 0 N–H and O–H groups in total. The topological polar surface area (TPSA) is 59.7 Å². The molecule has 0 radical (unpaired) electrons. The van der Waals surface area contributed by atoms with Crippen LogP contribution in [0.25, 0.3) is 5.82 Å². The van der Waals surface area contributed by atoms with Crippen molar-refractivity contribution in [1.82, 2.24) is 25.0 Å². The first-order valence-electron chi connectivity index (χ1n) is 7.17. The van der Waals surface area contributed by atoms with Crippen molar-refractivity contribution < 1.29 is 0 Å². The fraction of sp³-hybridized carbons (Fsp3) is 0.333. The number of hydrogen-bond acceptors (Lipinski definition) is 6. The summed E-state index contributed by atoms with van der Waals surface area (Å²) in [5.74, 6) is 1.55. The van der Waals surface area contributed by atoms with Gasteiger partial charge in [0.2, 0.25) is 0 Å². The van der Waals surface area contributed by atoms with Gasteiger partial charge in [0, 0.05) is 24.3 Å². The van der Waals surface area contributed by atoms with Crippen LogP contribution in [0.4, 0.5) is 5.82 Å². The van der Waals surface area contributed by atoms with E-state index in [0.717, 1.165) is 30.3 Å². The van der Waals surface area contributed by atoms with Crippen LogP contribution in [-0.2, 0) is 13.0 Å². The van der Waals surface area contributed by atoms with Gasteiger partial charge in [0.25, 0.3) is 0 Å². The van der Waals surface area contributed by atoms with E-state index in [2.05, 4.69) is 32.1 Å². The lowest BCUT2D eigenvalue weighted by molar-refractivity contribution is 0.791. The minimum absolute atomic E-state index is 0.719. The van der Waals surface area contributed by atoms with Crippen molar-refractivity contribution >= 4 is 17.2 Å². The summed E-state index contributed by atoms with van der Waals surface area (Å²) in [6.45, 7) is 4.85. The largest absolute Gasteiger partial charge is 0.353 e. The Morgan fingerprint density at radius 2 is 2.09 bits per heavy atom. The molecule has 0 fully saturated rings. The van der Waals surface area contributed by atoms with Crippen LogP contribution in [0.15, 0.2) is 30.6 Å². The van der Waals surface area contributed by atoms with Crippen LogP contribution in [0, 0.1) is 6.92 Å². The lowest BCUT2D eigenvalue weighted by atomic mass is 10.4. The average molecular weight is 314 g/mol. The van der Waals surface area contributed by atoms with E-state index in [1.54, 1.807) is 16.0 Å². The monoisotopic (exact) mass is 314 g/mol. The Morgan fingerprint density at radius 1 is 1.23 bits per heavy atom. The summed E-state index contributed by atoms with van der Waals surface area (Å²) in [7, 11) is 2.01. The molecule has 0 aliphatic carbocycles. The molecule has 0 bridgehead atoms. The SMILES string of the molecule is CCc1ncc(CN(C)c2ccc(-n3ccc(C)n3)nn2)s1.